The molecule has 0 radical (unpaired) electrons. The van der Waals surface area contributed by atoms with Gasteiger partial charge in [0.25, 0.3) is 5.91 Å². The van der Waals surface area contributed by atoms with Crippen LogP contribution < -0.4 is 10.6 Å². The maximum Gasteiger partial charge on any atom is 0.410 e. The second kappa shape index (κ2) is 8.94. The lowest BCUT2D eigenvalue weighted by atomic mass is 9.95. The number of carbonyl (C=O) groups is 3. The van der Waals surface area contributed by atoms with Crippen molar-refractivity contribution in [3.63, 3.8) is 0 Å². The summed E-state index contributed by atoms with van der Waals surface area (Å²) in [7, 11) is 1.55. The lowest BCUT2D eigenvalue weighted by Gasteiger charge is -2.33. The second-order valence-electron chi connectivity index (χ2n) is 7.98. The average molecular weight is 454 g/mol. The highest BCUT2D eigenvalue weighted by molar-refractivity contribution is 9.10. The minimum atomic E-state index is -0.542. The van der Waals surface area contributed by atoms with Crippen molar-refractivity contribution in [3.05, 3.63) is 27.7 Å². The summed E-state index contributed by atoms with van der Waals surface area (Å²) in [5.74, 6) is -0.651. The number of halogens is 1. The van der Waals surface area contributed by atoms with Crippen LogP contribution in [0.4, 0.5) is 10.5 Å². The first-order chi connectivity index (χ1) is 13.0. The predicted octanol–water partition coefficient (Wildman–Crippen LogP) is 3.70. The minimum Gasteiger partial charge on any atom is -0.444 e. The van der Waals surface area contributed by atoms with Gasteiger partial charge in [0.1, 0.15) is 5.60 Å². The predicted molar refractivity (Wildman–Crippen MR) is 111 cm³/mol. The lowest BCUT2D eigenvalue weighted by Crippen LogP contribution is -2.43. The third-order valence-electron chi connectivity index (χ3n) is 4.47. The molecule has 0 spiro atoms. The fourth-order valence-electron chi connectivity index (χ4n) is 3.06. The summed E-state index contributed by atoms with van der Waals surface area (Å²) in [4.78, 5) is 38.8. The Bertz CT molecular complexity index is 765. The molecule has 1 saturated heterocycles. The number of piperidine rings is 1. The fourth-order valence-corrected chi connectivity index (χ4v) is 3.73. The van der Waals surface area contributed by atoms with Gasteiger partial charge < -0.3 is 20.3 Å². The molecule has 8 heteroatoms. The van der Waals surface area contributed by atoms with Gasteiger partial charge in [0, 0.05) is 30.5 Å². The standard InChI is InChI=1S/C20H28BrN3O4/c1-12-10-14(18(26)22-5)16(15(21)11-12)23-17(25)13-6-8-24(9-7-13)19(27)28-20(2,3)4/h10-11,13H,6-9H2,1-5H3,(H,22,26)(H,23,25). The zero-order valence-corrected chi connectivity index (χ0v) is 18.6. The van der Waals surface area contributed by atoms with Gasteiger partial charge in [0.15, 0.2) is 0 Å². The van der Waals surface area contributed by atoms with Crippen LogP contribution in [0.3, 0.4) is 0 Å². The number of benzene rings is 1. The van der Waals surface area contributed by atoms with Crippen molar-refractivity contribution in [3.8, 4) is 0 Å². The molecule has 0 aromatic heterocycles. The number of rotatable bonds is 3. The van der Waals surface area contributed by atoms with E-state index < -0.39 is 5.60 Å². The van der Waals surface area contributed by atoms with Crippen LogP contribution in [0.1, 0.15) is 49.5 Å². The average Bonchev–Trinajstić information content (AvgIpc) is 2.61. The van der Waals surface area contributed by atoms with Gasteiger partial charge in [-0.2, -0.15) is 0 Å². The molecule has 1 aliphatic rings. The molecule has 1 aliphatic heterocycles. The molecule has 1 heterocycles. The number of aryl methyl sites for hydroxylation is 1. The van der Waals surface area contributed by atoms with Crippen molar-refractivity contribution in [2.45, 2.75) is 46.1 Å². The van der Waals surface area contributed by atoms with Crippen molar-refractivity contribution in [1.29, 1.82) is 0 Å². The molecule has 2 N–H and O–H groups in total. The molecule has 0 saturated carbocycles. The Balaban J connectivity index is 2.04. The van der Waals surface area contributed by atoms with Gasteiger partial charge in [-0.15, -0.1) is 0 Å². The monoisotopic (exact) mass is 453 g/mol. The Morgan fingerprint density at radius 3 is 2.32 bits per heavy atom. The number of carbonyl (C=O) groups excluding carboxylic acids is 3. The van der Waals surface area contributed by atoms with Crippen LogP contribution in [0.2, 0.25) is 0 Å². The van der Waals surface area contributed by atoms with E-state index in [4.69, 9.17) is 4.74 Å². The summed E-state index contributed by atoms with van der Waals surface area (Å²) >= 11 is 3.44. The molecule has 1 aromatic carbocycles. The van der Waals surface area contributed by atoms with E-state index in [2.05, 4.69) is 26.6 Å². The highest BCUT2D eigenvalue weighted by atomic mass is 79.9. The molecule has 28 heavy (non-hydrogen) atoms. The Morgan fingerprint density at radius 1 is 1.18 bits per heavy atom. The van der Waals surface area contributed by atoms with E-state index in [0.717, 1.165) is 5.56 Å². The van der Waals surface area contributed by atoms with E-state index in [0.29, 0.717) is 41.7 Å². The largest absolute Gasteiger partial charge is 0.444 e. The maximum atomic E-state index is 12.8. The Kier molecular flexibility index (Phi) is 7.09. The number of nitrogens with one attached hydrogen (secondary N) is 2. The highest BCUT2D eigenvalue weighted by Crippen LogP contribution is 2.30. The van der Waals surface area contributed by atoms with Crippen LogP contribution >= 0.6 is 15.9 Å². The van der Waals surface area contributed by atoms with Crippen molar-refractivity contribution in [2.75, 3.05) is 25.5 Å². The van der Waals surface area contributed by atoms with E-state index in [-0.39, 0.29) is 23.8 Å². The first kappa shape index (κ1) is 22.2. The first-order valence-corrected chi connectivity index (χ1v) is 10.1. The zero-order chi connectivity index (χ0) is 21.1. The van der Waals surface area contributed by atoms with E-state index in [1.165, 1.54) is 0 Å². The molecule has 3 amide bonds. The van der Waals surface area contributed by atoms with Crippen molar-refractivity contribution >= 4 is 39.5 Å². The van der Waals surface area contributed by atoms with Gasteiger partial charge in [-0.25, -0.2) is 4.79 Å². The molecule has 7 nitrogen and oxygen atoms in total. The summed E-state index contributed by atoms with van der Waals surface area (Å²) in [6.45, 7) is 8.29. The Hall–Kier alpha value is -2.09. The molecule has 0 unspecified atom stereocenters. The normalized spacial score (nSPS) is 15.1. The van der Waals surface area contributed by atoms with Gasteiger partial charge in [0.05, 0.1) is 11.3 Å². The molecule has 154 valence electrons. The Morgan fingerprint density at radius 2 is 1.79 bits per heavy atom. The highest BCUT2D eigenvalue weighted by Gasteiger charge is 2.30. The van der Waals surface area contributed by atoms with Gasteiger partial charge in [0.2, 0.25) is 5.91 Å². The fraction of sp³-hybridized carbons (Fsp3) is 0.550. The third kappa shape index (κ3) is 5.70. The lowest BCUT2D eigenvalue weighted by molar-refractivity contribution is -0.121. The molecule has 1 fully saturated rings. The Labute approximate surface area is 174 Å². The topological polar surface area (TPSA) is 87.7 Å². The molecule has 1 aromatic rings. The zero-order valence-electron chi connectivity index (χ0n) is 17.0. The quantitative estimate of drug-likeness (QED) is 0.729. The molecule has 0 aliphatic carbocycles. The van der Waals surface area contributed by atoms with Crippen LogP contribution in [0, 0.1) is 12.8 Å². The van der Waals surface area contributed by atoms with E-state index in [9.17, 15) is 14.4 Å². The minimum absolute atomic E-state index is 0.154. The van der Waals surface area contributed by atoms with Crippen LogP contribution in [0.15, 0.2) is 16.6 Å². The summed E-state index contributed by atoms with van der Waals surface area (Å²) in [6.07, 6.45) is 0.739. The van der Waals surface area contributed by atoms with Crippen LogP contribution in [0.5, 0.6) is 0 Å². The molecular formula is C20H28BrN3O4. The number of hydrogen-bond donors (Lipinski definition) is 2. The van der Waals surface area contributed by atoms with Crippen molar-refractivity contribution < 1.29 is 19.1 Å². The van der Waals surface area contributed by atoms with Crippen molar-refractivity contribution in [1.82, 2.24) is 10.2 Å². The van der Waals surface area contributed by atoms with Crippen LogP contribution in [-0.4, -0.2) is 48.5 Å². The number of likely N-dealkylation sites (tertiary alicyclic amines) is 1. The van der Waals surface area contributed by atoms with E-state index in [1.54, 1.807) is 18.0 Å². The van der Waals surface area contributed by atoms with Gasteiger partial charge in [-0.05, 0) is 74.2 Å². The first-order valence-electron chi connectivity index (χ1n) is 9.33. The molecule has 2 rings (SSSR count). The van der Waals surface area contributed by atoms with Gasteiger partial charge >= 0.3 is 6.09 Å². The summed E-state index contributed by atoms with van der Waals surface area (Å²) < 4.78 is 6.04. The van der Waals surface area contributed by atoms with Gasteiger partial charge in [-0.1, -0.05) is 0 Å². The summed E-state index contributed by atoms with van der Waals surface area (Å²) in [5.41, 5.74) is 1.24. The number of amides is 3. The van der Waals surface area contributed by atoms with E-state index in [1.807, 2.05) is 33.8 Å². The SMILES string of the molecule is CNC(=O)c1cc(C)cc(Br)c1NC(=O)C1CCN(C(=O)OC(C)(C)C)CC1. The number of hydrogen-bond acceptors (Lipinski definition) is 4. The number of ether oxygens (including phenoxy) is 1. The molecule has 0 atom stereocenters. The summed E-state index contributed by atoms with van der Waals surface area (Å²) in [5, 5.41) is 5.49. The van der Waals surface area contributed by atoms with Crippen molar-refractivity contribution in [2.24, 2.45) is 5.92 Å². The second-order valence-corrected chi connectivity index (χ2v) is 8.83. The van der Waals surface area contributed by atoms with Crippen LogP contribution in [0.25, 0.3) is 0 Å². The third-order valence-corrected chi connectivity index (χ3v) is 5.10. The smallest absolute Gasteiger partial charge is 0.410 e. The summed E-state index contributed by atoms with van der Waals surface area (Å²) in [6, 6.07) is 3.59. The maximum absolute atomic E-state index is 12.8. The van der Waals surface area contributed by atoms with Crippen LogP contribution in [-0.2, 0) is 9.53 Å². The molecule has 0 bridgehead atoms. The number of anilines is 1. The molecular weight excluding hydrogens is 426 g/mol. The van der Waals surface area contributed by atoms with Gasteiger partial charge in [-0.3, -0.25) is 9.59 Å². The van der Waals surface area contributed by atoms with E-state index >= 15 is 0 Å². The number of nitrogens with zero attached hydrogens (tertiary/aromatic N) is 1.